The SMILES string of the molecule is CC1(C)[C@H]2CC[C@]1(C)[C@H](O[C@@H]1O[C@H](COC(=O)c3ccccc3)[C@@H](OC(=O)c3ccccc3)[C@H](OC(=O)c3ccccc3)[C@H]1OC(=O)c1ccccc1)C2. The Balaban J connectivity index is 1.29. The molecule has 4 aromatic carbocycles. The Morgan fingerprint density at radius 2 is 1.02 bits per heavy atom. The molecule has 1 aliphatic heterocycles. The van der Waals surface area contributed by atoms with E-state index in [2.05, 4.69) is 20.8 Å². The minimum absolute atomic E-state index is 0.0416. The van der Waals surface area contributed by atoms with Crippen molar-refractivity contribution in [3.8, 4) is 0 Å². The maximum absolute atomic E-state index is 13.9. The van der Waals surface area contributed by atoms with Gasteiger partial charge in [-0.25, -0.2) is 19.2 Å². The maximum atomic E-state index is 13.9. The molecule has 2 saturated carbocycles. The number of ether oxygens (including phenoxy) is 6. The van der Waals surface area contributed by atoms with Crippen molar-refractivity contribution in [1.82, 2.24) is 0 Å². The van der Waals surface area contributed by atoms with E-state index in [-0.39, 0.29) is 33.6 Å². The predicted molar refractivity (Wildman–Crippen MR) is 196 cm³/mol. The van der Waals surface area contributed by atoms with E-state index in [4.69, 9.17) is 28.4 Å². The van der Waals surface area contributed by atoms with Crippen LogP contribution in [0.25, 0.3) is 0 Å². The van der Waals surface area contributed by atoms with Gasteiger partial charge in [-0.2, -0.15) is 0 Å². The van der Waals surface area contributed by atoms with Gasteiger partial charge in [-0.15, -0.1) is 0 Å². The lowest BCUT2D eigenvalue weighted by Gasteiger charge is -2.47. The van der Waals surface area contributed by atoms with Crippen LogP contribution in [-0.4, -0.2) is 67.3 Å². The first-order valence-electron chi connectivity index (χ1n) is 18.4. The summed E-state index contributed by atoms with van der Waals surface area (Å²) in [6, 6.07) is 33.4. The van der Waals surface area contributed by atoms with E-state index in [1.54, 1.807) is 121 Å². The van der Waals surface area contributed by atoms with Crippen LogP contribution in [0, 0.1) is 16.7 Å². The molecule has 1 saturated heterocycles. The Morgan fingerprint density at radius 1 is 0.593 bits per heavy atom. The summed E-state index contributed by atoms with van der Waals surface area (Å²) in [5.74, 6) is -2.46. The molecule has 3 aliphatic rings. The largest absolute Gasteiger partial charge is 0.459 e. The summed E-state index contributed by atoms with van der Waals surface area (Å²) in [6.07, 6.45) is -4.39. The molecule has 0 aromatic heterocycles. The molecule has 0 N–H and O–H groups in total. The summed E-state index contributed by atoms with van der Waals surface area (Å²) in [4.78, 5) is 54.7. The van der Waals surface area contributed by atoms with Crippen molar-refractivity contribution in [2.45, 2.75) is 76.8 Å². The van der Waals surface area contributed by atoms with Gasteiger partial charge < -0.3 is 28.4 Å². The van der Waals surface area contributed by atoms with Gasteiger partial charge in [0.2, 0.25) is 0 Å². The second-order valence-electron chi connectivity index (χ2n) is 15.0. The van der Waals surface area contributed by atoms with Crippen molar-refractivity contribution in [3.63, 3.8) is 0 Å². The lowest BCUT2D eigenvalue weighted by Crippen LogP contribution is -2.64. The standard InChI is InChI=1S/C44H44O10/c1-43(2)32-24-25-44(43,3)34(26-32)51-42-37(54-41(48)31-22-14-7-15-23-31)36(53-40(47)30-20-12-6-13-21-30)35(52-39(46)29-18-10-5-11-19-29)33(50-42)27-49-38(45)28-16-8-4-9-17-28/h4-23,32-37,42H,24-27H2,1-3H3/t32-,33+,34+,35+,36-,37+,42-,44+/m0/s1. The fraction of sp³-hybridized carbons (Fsp3) is 0.364. The number of rotatable bonds is 11. The van der Waals surface area contributed by atoms with Gasteiger partial charge >= 0.3 is 23.9 Å². The van der Waals surface area contributed by atoms with Crippen molar-refractivity contribution in [3.05, 3.63) is 144 Å². The molecule has 0 radical (unpaired) electrons. The first-order chi connectivity index (χ1) is 26.0. The molecule has 2 bridgehead atoms. The number of carbonyl (C=O) groups is 4. The second-order valence-corrected chi connectivity index (χ2v) is 15.0. The van der Waals surface area contributed by atoms with Crippen molar-refractivity contribution < 1.29 is 47.6 Å². The van der Waals surface area contributed by atoms with Crippen LogP contribution >= 0.6 is 0 Å². The third kappa shape index (κ3) is 7.41. The Bertz CT molecular complexity index is 1930. The predicted octanol–water partition coefficient (Wildman–Crippen LogP) is 7.48. The van der Waals surface area contributed by atoms with Gasteiger partial charge in [-0.05, 0) is 84.5 Å². The Labute approximate surface area is 314 Å². The van der Waals surface area contributed by atoms with Crippen LogP contribution in [0.4, 0.5) is 0 Å². The van der Waals surface area contributed by atoms with Crippen LogP contribution in [0.3, 0.4) is 0 Å². The summed E-state index contributed by atoms with van der Waals surface area (Å²) in [5, 5.41) is 0. The average Bonchev–Trinajstić information content (AvgIpc) is 3.54. The zero-order valence-electron chi connectivity index (χ0n) is 30.5. The van der Waals surface area contributed by atoms with Crippen molar-refractivity contribution >= 4 is 23.9 Å². The summed E-state index contributed by atoms with van der Waals surface area (Å²) < 4.78 is 37.8. The van der Waals surface area contributed by atoms with Crippen molar-refractivity contribution in [2.75, 3.05) is 6.61 Å². The van der Waals surface area contributed by atoms with E-state index in [0.717, 1.165) is 19.3 Å². The quantitative estimate of drug-likeness (QED) is 0.113. The summed E-state index contributed by atoms with van der Waals surface area (Å²) in [6.45, 7) is 6.29. The first-order valence-corrected chi connectivity index (χ1v) is 18.4. The summed E-state index contributed by atoms with van der Waals surface area (Å²) >= 11 is 0. The van der Waals surface area contributed by atoms with E-state index < -0.39 is 61.2 Å². The van der Waals surface area contributed by atoms with Crippen molar-refractivity contribution in [2.24, 2.45) is 16.7 Å². The fourth-order valence-electron chi connectivity index (χ4n) is 8.13. The number of hydrogen-bond acceptors (Lipinski definition) is 10. The molecule has 0 amide bonds. The molecule has 54 heavy (non-hydrogen) atoms. The van der Waals surface area contributed by atoms with Crippen LogP contribution in [0.2, 0.25) is 0 Å². The highest BCUT2D eigenvalue weighted by atomic mass is 16.7. The molecule has 10 nitrogen and oxygen atoms in total. The molecular formula is C44H44O10. The monoisotopic (exact) mass is 732 g/mol. The van der Waals surface area contributed by atoms with E-state index >= 15 is 0 Å². The topological polar surface area (TPSA) is 124 Å². The molecule has 0 unspecified atom stereocenters. The first kappa shape index (κ1) is 37.0. The fourth-order valence-corrected chi connectivity index (χ4v) is 8.13. The van der Waals surface area contributed by atoms with Crippen LogP contribution < -0.4 is 0 Å². The zero-order chi connectivity index (χ0) is 37.9. The third-order valence-electron chi connectivity index (χ3n) is 11.7. The van der Waals surface area contributed by atoms with Crippen LogP contribution in [0.5, 0.6) is 0 Å². The minimum Gasteiger partial charge on any atom is -0.459 e. The van der Waals surface area contributed by atoms with E-state index in [0.29, 0.717) is 11.5 Å². The lowest BCUT2D eigenvalue weighted by atomic mass is 9.70. The smallest absolute Gasteiger partial charge is 0.338 e. The van der Waals surface area contributed by atoms with Gasteiger partial charge in [0.25, 0.3) is 0 Å². The van der Waals surface area contributed by atoms with Crippen LogP contribution in [0.1, 0.15) is 81.5 Å². The van der Waals surface area contributed by atoms with Gasteiger partial charge in [0, 0.05) is 0 Å². The molecule has 2 aliphatic carbocycles. The highest BCUT2D eigenvalue weighted by molar-refractivity contribution is 5.91. The molecule has 3 fully saturated rings. The molecule has 4 aromatic rings. The number of hydrogen-bond donors (Lipinski definition) is 0. The maximum Gasteiger partial charge on any atom is 0.338 e. The molecule has 7 rings (SSSR count). The minimum atomic E-state index is -1.46. The average molecular weight is 733 g/mol. The molecule has 280 valence electrons. The third-order valence-corrected chi connectivity index (χ3v) is 11.7. The highest BCUT2D eigenvalue weighted by Gasteiger charge is 2.64. The van der Waals surface area contributed by atoms with E-state index in [9.17, 15) is 19.2 Å². The van der Waals surface area contributed by atoms with Gasteiger partial charge in [0.05, 0.1) is 28.4 Å². The Hall–Kier alpha value is -5.32. The van der Waals surface area contributed by atoms with Crippen LogP contribution in [0.15, 0.2) is 121 Å². The molecule has 1 heterocycles. The van der Waals surface area contributed by atoms with E-state index in [1.807, 2.05) is 0 Å². The lowest BCUT2D eigenvalue weighted by molar-refractivity contribution is -0.316. The molecule has 10 heteroatoms. The molecule has 8 atom stereocenters. The summed E-state index contributed by atoms with van der Waals surface area (Å²) in [5.41, 5.74) is 0.708. The van der Waals surface area contributed by atoms with E-state index in [1.165, 1.54) is 0 Å². The van der Waals surface area contributed by atoms with Gasteiger partial charge in [0.1, 0.15) is 12.7 Å². The Morgan fingerprint density at radius 3 is 1.44 bits per heavy atom. The highest BCUT2D eigenvalue weighted by Crippen LogP contribution is 2.66. The van der Waals surface area contributed by atoms with Gasteiger partial charge in [-0.1, -0.05) is 93.6 Å². The zero-order valence-corrected chi connectivity index (χ0v) is 30.5. The normalized spacial score (nSPS) is 28.1. The Kier molecular flexibility index (Phi) is 10.7. The number of fused-ring (bicyclic) bond motifs is 2. The van der Waals surface area contributed by atoms with Gasteiger partial charge in [-0.3, -0.25) is 0 Å². The number of esters is 4. The van der Waals surface area contributed by atoms with Crippen LogP contribution in [-0.2, 0) is 28.4 Å². The number of benzene rings is 4. The molecular weight excluding hydrogens is 688 g/mol. The summed E-state index contributed by atoms with van der Waals surface area (Å²) in [7, 11) is 0. The second kappa shape index (κ2) is 15.6. The molecule has 0 spiro atoms. The van der Waals surface area contributed by atoms with Gasteiger partial charge in [0.15, 0.2) is 24.6 Å². The number of carbonyl (C=O) groups excluding carboxylic acids is 4. The van der Waals surface area contributed by atoms with Crippen molar-refractivity contribution in [1.29, 1.82) is 0 Å².